The van der Waals surface area contributed by atoms with E-state index >= 15 is 0 Å². The zero-order valence-electron chi connectivity index (χ0n) is 25.7. The molecule has 0 radical (unpaired) electrons. The molecule has 3 heterocycles. The van der Waals surface area contributed by atoms with Crippen LogP contribution in [0.4, 0.5) is 11.4 Å². The van der Waals surface area contributed by atoms with Crippen LogP contribution in [0.1, 0.15) is 18.9 Å². The van der Waals surface area contributed by atoms with Crippen LogP contribution in [0.25, 0.3) is 5.69 Å². The maximum atomic E-state index is 14.9. The van der Waals surface area contributed by atoms with Crippen molar-refractivity contribution in [2.45, 2.75) is 43.7 Å². The van der Waals surface area contributed by atoms with E-state index in [1.165, 1.54) is 16.9 Å². The predicted molar refractivity (Wildman–Crippen MR) is 173 cm³/mol. The Hall–Kier alpha value is -4.18. The maximum absolute atomic E-state index is 14.9. The van der Waals surface area contributed by atoms with Gasteiger partial charge in [0.2, 0.25) is 0 Å². The van der Waals surface area contributed by atoms with Crippen molar-refractivity contribution in [1.82, 2.24) is 4.57 Å². The molecular weight excluding hydrogens is 572 g/mol. The Morgan fingerprint density at radius 1 is 0.909 bits per heavy atom. The Morgan fingerprint density at radius 3 is 2.30 bits per heavy atom. The van der Waals surface area contributed by atoms with Crippen molar-refractivity contribution < 1.29 is 24.1 Å². The molecule has 2 aliphatic rings. The van der Waals surface area contributed by atoms with E-state index in [1.54, 1.807) is 30.3 Å². The molecule has 4 atom stereocenters. The molecule has 0 bridgehead atoms. The maximum Gasteiger partial charge on any atom is 0.297 e. The van der Waals surface area contributed by atoms with Gasteiger partial charge < -0.3 is 19.3 Å². The van der Waals surface area contributed by atoms with Gasteiger partial charge in [0.15, 0.2) is 11.4 Å². The lowest BCUT2D eigenvalue weighted by molar-refractivity contribution is -0.145. The number of para-hydroxylation sites is 1. The highest BCUT2D eigenvalue weighted by Crippen LogP contribution is 2.61. The summed E-state index contributed by atoms with van der Waals surface area (Å²) in [6.45, 7) is 6.68. The standard InChI is InChI=1S/C35H38N2O6Si/c1-23-32(44(4,5)27-16-14-26(41-2)15-17-27)30(19-21-38)43-35(23)28-22-25(36-20-9-12-31(42-3)33(36)39)13-18-29(28)37(34(35)40)24-10-7-6-8-11-24/h6-18,20,22-23,30,32,38H,19,21H2,1-5H3/t23-,30+,32-,35+/m1/s1. The number of hydrogen-bond donors (Lipinski definition) is 1. The van der Waals surface area contributed by atoms with Crippen molar-refractivity contribution in [3.63, 3.8) is 0 Å². The molecule has 1 N–H and O–H groups in total. The number of rotatable bonds is 8. The van der Waals surface area contributed by atoms with Gasteiger partial charge in [0.25, 0.3) is 11.5 Å². The van der Waals surface area contributed by atoms with Crippen LogP contribution in [-0.2, 0) is 15.1 Å². The number of methoxy groups -OCH3 is 2. The van der Waals surface area contributed by atoms with E-state index in [9.17, 15) is 14.7 Å². The van der Waals surface area contributed by atoms with Crippen molar-refractivity contribution in [3.05, 3.63) is 107 Å². The zero-order valence-corrected chi connectivity index (χ0v) is 26.7. The molecular formula is C35H38N2O6Si. The second-order valence-electron chi connectivity index (χ2n) is 12.1. The van der Waals surface area contributed by atoms with Crippen molar-refractivity contribution >= 4 is 30.5 Å². The van der Waals surface area contributed by atoms with Crippen molar-refractivity contribution in [2.75, 3.05) is 25.7 Å². The first-order valence-electron chi connectivity index (χ1n) is 14.9. The summed E-state index contributed by atoms with van der Waals surface area (Å²) < 4.78 is 19.3. The van der Waals surface area contributed by atoms with Gasteiger partial charge in [0.1, 0.15) is 5.75 Å². The molecule has 9 heteroatoms. The highest BCUT2D eigenvalue weighted by molar-refractivity contribution is 6.91. The number of aliphatic hydroxyl groups excluding tert-OH is 1. The molecule has 3 aromatic carbocycles. The average molecular weight is 611 g/mol. The number of anilines is 2. The fourth-order valence-corrected chi connectivity index (χ4v) is 11.5. The van der Waals surface area contributed by atoms with Crippen LogP contribution >= 0.6 is 0 Å². The minimum Gasteiger partial charge on any atom is -0.497 e. The second kappa shape index (κ2) is 11.4. The fourth-order valence-electron chi connectivity index (χ4n) is 7.44. The highest BCUT2D eigenvalue weighted by Gasteiger charge is 2.66. The number of amides is 1. The Kier molecular flexibility index (Phi) is 7.73. The Morgan fingerprint density at radius 2 is 1.64 bits per heavy atom. The SMILES string of the molecule is COc1ccc([Si](C)(C)[C@H]2[C@H](CCO)O[C@@]3(C(=O)N(c4ccccc4)c4ccc(-n5cccc(OC)c5=O)cc43)[C@@H]2C)cc1. The normalized spacial score (nSPS) is 22.8. The van der Waals surface area contributed by atoms with Gasteiger partial charge in [0.05, 0.1) is 34.1 Å². The molecule has 2 aliphatic heterocycles. The summed E-state index contributed by atoms with van der Waals surface area (Å²) in [6, 6.07) is 26.8. The van der Waals surface area contributed by atoms with Gasteiger partial charge in [-0.2, -0.15) is 0 Å². The lowest BCUT2D eigenvalue weighted by Crippen LogP contribution is -2.51. The number of carbonyl (C=O) groups is 1. The molecule has 44 heavy (non-hydrogen) atoms. The number of fused-ring (bicyclic) bond motifs is 2. The predicted octanol–water partition coefficient (Wildman–Crippen LogP) is 5.13. The number of carbonyl (C=O) groups excluding carboxylic acids is 1. The Bertz CT molecular complexity index is 1740. The van der Waals surface area contributed by atoms with Gasteiger partial charge in [0, 0.05) is 35.7 Å². The van der Waals surface area contributed by atoms with E-state index in [0.717, 1.165) is 22.7 Å². The van der Waals surface area contributed by atoms with Gasteiger partial charge in [-0.3, -0.25) is 19.1 Å². The van der Waals surface area contributed by atoms with Crippen LogP contribution in [0.15, 0.2) is 95.9 Å². The fraction of sp³-hybridized carbons (Fsp3) is 0.314. The smallest absolute Gasteiger partial charge is 0.297 e. The summed E-state index contributed by atoms with van der Waals surface area (Å²) in [5.41, 5.74) is 1.18. The molecule has 0 unspecified atom stereocenters. The van der Waals surface area contributed by atoms with E-state index in [1.807, 2.05) is 60.7 Å². The molecule has 6 rings (SSSR count). The molecule has 1 spiro atoms. The van der Waals surface area contributed by atoms with Crippen molar-refractivity contribution in [2.24, 2.45) is 5.92 Å². The number of ether oxygens (including phenoxy) is 3. The highest BCUT2D eigenvalue weighted by atomic mass is 28.3. The number of benzene rings is 3. The van der Waals surface area contributed by atoms with E-state index in [4.69, 9.17) is 14.2 Å². The number of aromatic nitrogens is 1. The quantitative estimate of drug-likeness (QED) is 0.278. The Labute approximate surface area is 258 Å². The van der Waals surface area contributed by atoms with Crippen LogP contribution in [0.5, 0.6) is 11.5 Å². The van der Waals surface area contributed by atoms with Gasteiger partial charge in [-0.15, -0.1) is 0 Å². The summed E-state index contributed by atoms with van der Waals surface area (Å²) in [6.07, 6.45) is 1.75. The van der Waals surface area contributed by atoms with Crippen molar-refractivity contribution in [1.29, 1.82) is 0 Å². The zero-order chi connectivity index (χ0) is 31.2. The summed E-state index contributed by atoms with van der Waals surface area (Å²) in [4.78, 5) is 29.9. The summed E-state index contributed by atoms with van der Waals surface area (Å²) >= 11 is 0. The lowest BCUT2D eigenvalue weighted by Gasteiger charge is -2.37. The first-order valence-corrected chi connectivity index (χ1v) is 18.0. The topological polar surface area (TPSA) is 90.2 Å². The molecule has 1 aromatic heterocycles. The summed E-state index contributed by atoms with van der Waals surface area (Å²) in [5, 5.41) is 11.4. The van der Waals surface area contributed by atoms with Gasteiger partial charge in [-0.05, 0) is 66.6 Å². The van der Waals surface area contributed by atoms with Gasteiger partial charge in [-0.1, -0.05) is 55.5 Å². The third-order valence-electron chi connectivity index (χ3n) is 9.57. The van der Waals surface area contributed by atoms with Crippen LogP contribution in [0.3, 0.4) is 0 Å². The minimum absolute atomic E-state index is 0.00114. The van der Waals surface area contributed by atoms with Crippen LogP contribution < -0.4 is 25.1 Å². The number of nitrogens with zero attached hydrogens (tertiary/aromatic N) is 2. The van der Waals surface area contributed by atoms with E-state index in [0.29, 0.717) is 12.1 Å². The lowest BCUT2D eigenvalue weighted by atomic mass is 9.82. The summed E-state index contributed by atoms with van der Waals surface area (Å²) in [7, 11) is 0.801. The third kappa shape index (κ3) is 4.49. The monoisotopic (exact) mass is 610 g/mol. The molecule has 8 nitrogen and oxygen atoms in total. The first kappa shape index (κ1) is 29.9. The molecule has 228 valence electrons. The van der Waals surface area contributed by atoms with Crippen LogP contribution in [-0.4, -0.2) is 50.6 Å². The molecule has 1 saturated heterocycles. The summed E-state index contributed by atoms with van der Waals surface area (Å²) in [5.74, 6) is 0.619. The number of pyridine rings is 1. The Balaban J connectivity index is 1.55. The van der Waals surface area contributed by atoms with Crippen LogP contribution in [0.2, 0.25) is 18.6 Å². The largest absolute Gasteiger partial charge is 0.497 e. The molecule has 0 aliphatic carbocycles. The first-order chi connectivity index (χ1) is 21.2. The third-order valence-corrected chi connectivity index (χ3v) is 13.9. The van der Waals surface area contributed by atoms with E-state index < -0.39 is 13.7 Å². The van der Waals surface area contributed by atoms with E-state index in [2.05, 4.69) is 32.2 Å². The van der Waals surface area contributed by atoms with Gasteiger partial charge >= 0.3 is 0 Å². The van der Waals surface area contributed by atoms with E-state index in [-0.39, 0.29) is 41.4 Å². The number of hydrogen-bond acceptors (Lipinski definition) is 6. The molecule has 0 saturated carbocycles. The molecule has 1 amide bonds. The second-order valence-corrected chi connectivity index (χ2v) is 16.8. The molecule has 1 fully saturated rings. The van der Waals surface area contributed by atoms with Crippen molar-refractivity contribution in [3.8, 4) is 17.2 Å². The average Bonchev–Trinajstić information content (AvgIpc) is 3.47. The van der Waals surface area contributed by atoms with Gasteiger partial charge in [-0.25, -0.2) is 0 Å². The number of aliphatic hydroxyl groups is 1. The van der Waals surface area contributed by atoms with Crippen LogP contribution in [0, 0.1) is 5.92 Å². The minimum atomic E-state index is -2.32. The molecule has 4 aromatic rings.